The van der Waals surface area contributed by atoms with Crippen LogP contribution >= 0.6 is 11.3 Å². The number of rotatable bonds is 6. The Bertz CT molecular complexity index is 625. The highest BCUT2D eigenvalue weighted by atomic mass is 32.1. The molecule has 2 atom stereocenters. The van der Waals surface area contributed by atoms with Gasteiger partial charge < -0.3 is 15.2 Å². The third kappa shape index (κ3) is 4.29. The number of thiazole rings is 1. The number of amides is 1. The molecule has 0 spiro atoms. The molecule has 0 aliphatic carbocycles. The first kappa shape index (κ1) is 16.5. The standard InChI is InChI=1S/C16H20N2O3S/c1-10(16(20)12-4-6-14(21-3)7-5-12)17-15(19)8-13-9-22-11(2)18-13/h4-7,9-10,16,20H,8H2,1-3H3,(H,17,19). The second-order valence-electron chi connectivity index (χ2n) is 5.11. The number of nitrogens with zero attached hydrogens (tertiary/aromatic N) is 1. The van der Waals surface area contributed by atoms with E-state index in [1.165, 1.54) is 11.3 Å². The number of hydrogen-bond acceptors (Lipinski definition) is 5. The number of hydrogen-bond donors (Lipinski definition) is 2. The predicted octanol–water partition coefficient (Wildman–Crippen LogP) is 2.24. The maximum atomic E-state index is 12.0. The second-order valence-corrected chi connectivity index (χ2v) is 6.17. The molecule has 5 nitrogen and oxygen atoms in total. The Hall–Kier alpha value is -1.92. The number of nitrogens with one attached hydrogen (secondary N) is 1. The number of aryl methyl sites for hydroxylation is 1. The molecule has 0 saturated carbocycles. The van der Waals surface area contributed by atoms with Gasteiger partial charge in [-0.25, -0.2) is 4.98 Å². The Kier molecular flexibility index (Phi) is 5.51. The lowest BCUT2D eigenvalue weighted by Gasteiger charge is -2.20. The van der Waals surface area contributed by atoms with Crippen LogP contribution in [0.4, 0.5) is 0 Å². The lowest BCUT2D eigenvalue weighted by atomic mass is 10.0. The normalized spacial score (nSPS) is 13.5. The Balaban J connectivity index is 1.92. The van der Waals surface area contributed by atoms with Crippen molar-refractivity contribution in [3.63, 3.8) is 0 Å². The molecule has 0 bridgehead atoms. The van der Waals surface area contributed by atoms with Crippen molar-refractivity contribution in [2.24, 2.45) is 0 Å². The predicted molar refractivity (Wildman–Crippen MR) is 86.1 cm³/mol. The zero-order chi connectivity index (χ0) is 16.1. The second kappa shape index (κ2) is 7.38. The van der Waals surface area contributed by atoms with E-state index in [1.807, 2.05) is 12.3 Å². The zero-order valence-electron chi connectivity index (χ0n) is 12.9. The van der Waals surface area contributed by atoms with Crippen LogP contribution in [0.2, 0.25) is 0 Å². The first-order valence-electron chi connectivity index (χ1n) is 7.02. The van der Waals surface area contributed by atoms with Crippen molar-refractivity contribution in [3.05, 3.63) is 45.9 Å². The summed E-state index contributed by atoms with van der Waals surface area (Å²) in [5.74, 6) is 0.580. The van der Waals surface area contributed by atoms with Crippen LogP contribution < -0.4 is 10.1 Å². The summed E-state index contributed by atoms with van der Waals surface area (Å²) in [7, 11) is 1.59. The van der Waals surface area contributed by atoms with Gasteiger partial charge >= 0.3 is 0 Å². The summed E-state index contributed by atoms with van der Waals surface area (Å²) < 4.78 is 5.08. The third-order valence-electron chi connectivity index (χ3n) is 3.33. The summed E-state index contributed by atoms with van der Waals surface area (Å²) in [4.78, 5) is 16.3. The molecule has 0 aliphatic rings. The van der Waals surface area contributed by atoms with E-state index in [9.17, 15) is 9.90 Å². The number of methoxy groups -OCH3 is 1. The van der Waals surface area contributed by atoms with Crippen molar-refractivity contribution >= 4 is 17.2 Å². The van der Waals surface area contributed by atoms with Crippen LogP contribution in [0.1, 0.15) is 29.3 Å². The summed E-state index contributed by atoms with van der Waals surface area (Å²) >= 11 is 1.52. The maximum absolute atomic E-state index is 12.0. The van der Waals surface area contributed by atoms with Crippen LogP contribution in [0.3, 0.4) is 0 Å². The van der Waals surface area contributed by atoms with E-state index in [4.69, 9.17) is 4.74 Å². The van der Waals surface area contributed by atoms with Crippen LogP contribution in [-0.2, 0) is 11.2 Å². The van der Waals surface area contributed by atoms with Crippen LogP contribution in [0.15, 0.2) is 29.6 Å². The zero-order valence-corrected chi connectivity index (χ0v) is 13.7. The molecule has 0 saturated heterocycles. The van der Waals surface area contributed by atoms with E-state index in [0.29, 0.717) is 0 Å². The molecule has 0 aliphatic heterocycles. The lowest BCUT2D eigenvalue weighted by molar-refractivity contribution is -0.121. The monoisotopic (exact) mass is 320 g/mol. The van der Waals surface area contributed by atoms with Gasteiger partial charge in [-0.15, -0.1) is 11.3 Å². The smallest absolute Gasteiger partial charge is 0.226 e. The van der Waals surface area contributed by atoms with E-state index in [-0.39, 0.29) is 18.4 Å². The highest BCUT2D eigenvalue weighted by molar-refractivity contribution is 7.09. The summed E-state index contributed by atoms with van der Waals surface area (Å²) in [5.41, 5.74) is 1.49. The Morgan fingerprint density at radius 1 is 1.41 bits per heavy atom. The Labute approximate surface area is 134 Å². The third-order valence-corrected chi connectivity index (χ3v) is 4.15. The summed E-state index contributed by atoms with van der Waals surface area (Å²) in [5, 5.41) is 15.9. The molecule has 2 rings (SSSR count). The fourth-order valence-electron chi connectivity index (χ4n) is 2.13. The number of ether oxygens (including phenoxy) is 1. The van der Waals surface area contributed by atoms with Crippen molar-refractivity contribution in [3.8, 4) is 5.75 Å². The van der Waals surface area contributed by atoms with Gasteiger partial charge in [-0.3, -0.25) is 4.79 Å². The molecule has 6 heteroatoms. The van der Waals surface area contributed by atoms with Gasteiger partial charge in [0.25, 0.3) is 0 Å². The average Bonchev–Trinajstić information content (AvgIpc) is 2.91. The van der Waals surface area contributed by atoms with Gasteiger partial charge in [0, 0.05) is 5.38 Å². The molecule has 0 fully saturated rings. The summed E-state index contributed by atoms with van der Waals surface area (Å²) in [6.45, 7) is 3.68. The molecule has 1 aromatic carbocycles. The summed E-state index contributed by atoms with van der Waals surface area (Å²) in [6, 6.07) is 6.75. The van der Waals surface area contributed by atoms with Gasteiger partial charge in [0.15, 0.2) is 0 Å². The number of aliphatic hydroxyl groups is 1. The van der Waals surface area contributed by atoms with Crippen LogP contribution in [0.25, 0.3) is 0 Å². The van der Waals surface area contributed by atoms with E-state index in [1.54, 1.807) is 38.3 Å². The molecule has 1 heterocycles. The average molecular weight is 320 g/mol. The number of carbonyl (C=O) groups excluding carboxylic acids is 1. The van der Waals surface area contributed by atoms with Crippen LogP contribution in [0, 0.1) is 6.92 Å². The topological polar surface area (TPSA) is 71.5 Å². The van der Waals surface area contributed by atoms with Crippen LogP contribution in [-0.4, -0.2) is 29.1 Å². The summed E-state index contributed by atoms with van der Waals surface area (Å²) in [6.07, 6.45) is -0.545. The molecule has 1 amide bonds. The number of carbonyl (C=O) groups is 1. The highest BCUT2D eigenvalue weighted by Crippen LogP contribution is 2.20. The number of benzene rings is 1. The van der Waals surface area contributed by atoms with E-state index in [2.05, 4.69) is 10.3 Å². The van der Waals surface area contributed by atoms with Crippen molar-refractivity contribution in [1.29, 1.82) is 0 Å². The lowest BCUT2D eigenvalue weighted by Crippen LogP contribution is -2.38. The van der Waals surface area contributed by atoms with Gasteiger partial charge in [-0.05, 0) is 31.5 Å². The highest BCUT2D eigenvalue weighted by Gasteiger charge is 2.19. The number of aliphatic hydroxyl groups excluding tert-OH is 1. The van der Waals surface area contributed by atoms with E-state index >= 15 is 0 Å². The first-order valence-corrected chi connectivity index (χ1v) is 7.90. The fraction of sp³-hybridized carbons (Fsp3) is 0.375. The molecule has 2 unspecified atom stereocenters. The van der Waals surface area contributed by atoms with Gasteiger partial charge in [-0.1, -0.05) is 12.1 Å². The van der Waals surface area contributed by atoms with E-state index in [0.717, 1.165) is 22.0 Å². The Morgan fingerprint density at radius 3 is 2.64 bits per heavy atom. The maximum Gasteiger partial charge on any atom is 0.226 e. The molecular formula is C16H20N2O3S. The molecule has 2 N–H and O–H groups in total. The SMILES string of the molecule is COc1ccc(C(O)C(C)NC(=O)Cc2csc(C)n2)cc1. The van der Waals surface area contributed by atoms with Gasteiger partial charge in [0.05, 0.1) is 36.4 Å². The van der Waals surface area contributed by atoms with Crippen molar-refractivity contribution in [2.75, 3.05) is 7.11 Å². The van der Waals surface area contributed by atoms with Gasteiger partial charge in [0.1, 0.15) is 5.75 Å². The largest absolute Gasteiger partial charge is 0.497 e. The van der Waals surface area contributed by atoms with Crippen LogP contribution in [0.5, 0.6) is 5.75 Å². The van der Waals surface area contributed by atoms with Crippen molar-refractivity contribution < 1.29 is 14.6 Å². The molecule has 118 valence electrons. The minimum Gasteiger partial charge on any atom is -0.497 e. The minimum atomic E-state index is -0.771. The molecule has 2 aromatic rings. The quantitative estimate of drug-likeness (QED) is 0.856. The molecule has 22 heavy (non-hydrogen) atoms. The molecule has 1 aromatic heterocycles. The molecular weight excluding hydrogens is 300 g/mol. The van der Waals surface area contributed by atoms with Crippen molar-refractivity contribution in [2.45, 2.75) is 32.4 Å². The van der Waals surface area contributed by atoms with Gasteiger partial charge in [0.2, 0.25) is 5.91 Å². The van der Waals surface area contributed by atoms with Crippen molar-refractivity contribution in [1.82, 2.24) is 10.3 Å². The van der Waals surface area contributed by atoms with E-state index < -0.39 is 6.10 Å². The van der Waals surface area contributed by atoms with Gasteiger partial charge in [-0.2, -0.15) is 0 Å². The minimum absolute atomic E-state index is 0.148. The molecule has 0 radical (unpaired) electrons. The Morgan fingerprint density at radius 2 is 2.09 bits per heavy atom. The first-order chi connectivity index (χ1) is 10.5. The fourth-order valence-corrected chi connectivity index (χ4v) is 2.74. The number of aromatic nitrogens is 1.